The van der Waals surface area contributed by atoms with Gasteiger partial charge in [-0.25, -0.2) is 10.2 Å². The monoisotopic (exact) mass is 721 g/mol. The number of nitrogens with zero attached hydrogens (tertiary/aromatic N) is 1. The minimum absolute atomic E-state index is 0.260. The number of halogens is 3. The van der Waals surface area contributed by atoms with Crippen molar-refractivity contribution in [2.24, 2.45) is 5.10 Å². The summed E-state index contributed by atoms with van der Waals surface area (Å²) in [6.45, 7) is 0. The van der Waals surface area contributed by atoms with Gasteiger partial charge in [0, 0.05) is 41.5 Å². The SMILES string of the molecule is O=C(N/N=C\c1ccccc1OC(=O)c1sc2ccccc2c1Cl)c1ccc(NC(=O)c2sc3cc(Br)ccc3c2Cl)cc1. The van der Waals surface area contributed by atoms with Crippen molar-refractivity contribution in [2.75, 3.05) is 5.32 Å². The van der Waals surface area contributed by atoms with Crippen molar-refractivity contribution in [3.8, 4) is 5.75 Å². The molecule has 6 aromatic rings. The minimum atomic E-state index is -0.587. The van der Waals surface area contributed by atoms with Crippen LogP contribution in [0.4, 0.5) is 5.69 Å². The Morgan fingerprint density at radius 2 is 1.45 bits per heavy atom. The van der Waals surface area contributed by atoms with Crippen LogP contribution in [0.25, 0.3) is 20.2 Å². The van der Waals surface area contributed by atoms with Crippen LogP contribution in [-0.4, -0.2) is 24.0 Å². The van der Waals surface area contributed by atoms with E-state index in [1.54, 1.807) is 48.5 Å². The molecule has 0 unspecified atom stereocenters. The van der Waals surface area contributed by atoms with E-state index in [9.17, 15) is 14.4 Å². The van der Waals surface area contributed by atoms with E-state index in [1.807, 2.05) is 42.5 Å². The second-order valence-corrected chi connectivity index (χ2v) is 13.1. The van der Waals surface area contributed by atoms with Crippen LogP contribution >= 0.6 is 61.8 Å². The number of fused-ring (bicyclic) bond motifs is 2. The van der Waals surface area contributed by atoms with E-state index >= 15 is 0 Å². The number of hydrogen-bond donors (Lipinski definition) is 2. The first-order chi connectivity index (χ1) is 21.3. The van der Waals surface area contributed by atoms with Crippen LogP contribution in [0, 0.1) is 0 Å². The molecule has 0 atom stereocenters. The van der Waals surface area contributed by atoms with Gasteiger partial charge in [0.05, 0.1) is 16.3 Å². The summed E-state index contributed by atoms with van der Waals surface area (Å²) >= 11 is 18.9. The number of ether oxygens (including phenoxy) is 1. The van der Waals surface area contributed by atoms with Gasteiger partial charge in [-0.3, -0.25) is 9.59 Å². The summed E-state index contributed by atoms with van der Waals surface area (Å²) in [6.07, 6.45) is 1.38. The molecule has 0 saturated carbocycles. The molecule has 0 aliphatic rings. The van der Waals surface area contributed by atoms with Crippen LogP contribution < -0.4 is 15.5 Å². The molecule has 0 fully saturated rings. The van der Waals surface area contributed by atoms with Gasteiger partial charge < -0.3 is 10.1 Å². The summed E-state index contributed by atoms with van der Waals surface area (Å²) in [6, 6.07) is 26.3. The summed E-state index contributed by atoms with van der Waals surface area (Å²) in [5.74, 6) is -1.14. The Kier molecular flexibility index (Phi) is 8.79. The Morgan fingerprint density at radius 3 is 2.25 bits per heavy atom. The van der Waals surface area contributed by atoms with E-state index in [2.05, 4.69) is 31.8 Å². The Labute approximate surface area is 277 Å². The Bertz CT molecular complexity index is 2110. The molecule has 6 rings (SSSR count). The summed E-state index contributed by atoms with van der Waals surface area (Å²) in [4.78, 5) is 39.2. The van der Waals surface area contributed by atoms with Gasteiger partial charge in [-0.1, -0.05) is 75.5 Å². The number of carbonyl (C=O) groups is 3. The number of thiophene rings is 2. The predicted octanol–water partition coefficient (Wildman–Crippen LogP) is 9.42. The van der Waals surface area contributed by atoms with E-state index in [0.717, 1.165) is 24.6 Å². The first kappa shape index (κ1) is 30.0. The molecule has 44 heavy (non-hydrogen) atoms. The zero-order chi connectivity index (χ0) is 30.8. The quantitative estimate of drug-likeness (QED) is 0.0743. The average Bonchev–Trinajstić information content (AvgIpc) is 3.54. The Balaban J connectivity index is 1.09. The minimum Gasteiger partial charge on any atom is -0.422 e. The second-order valence-electron chi connectivity index (χ2n) is 9.28. The highest BCUT2D eigenvalue weighted by Crippen LogP contribution is 2.38. The number of hydrazone groups is 1. The summed E-state index contributed by atoms with van der Waals surface area (Å²) in [7, 11) is 0. The Morgan fingerprint density at radius 1 is 0.773 bits per heavy atom. The fraction of sp³-hybridized carbons (Fsp3) is 0. The third-order valence-corrected chi connectivity index (χ3v) is 10.2. The normalized spacial score (nSPS) is 11.2. The van der Waals surface area contributed by atoms with Crippen molar-refractivity contribution in [2.45, 2.75) is 0 Å². The van der Waals surface area contributed by atoms with E-state index in [0.29, 0.717) is 36.6 Å². The largest absolute Gasteiger partial charge is 0.422 e. The molecule has 12 heteroatoms. The molecule has 2 heterocycles. The highest BCUT2D eigenvalue weighted by atomic mass is 79.9. The van der Waals surface area contributed by atoms with Gasteiger partial charge in [-0.05, 0) is 54.6 Å². The summed E-state index contributed by atoms with van der Waals surface area (Å²) in [5.41, 5.74) is 3.76. The van der Waals surface area contributed by atoms with Crippen LogP contribution in [0.5, 0.6) is 5.75 Å². The lowest BCUT2D eigenvalue weighted by Crippen LogP contribution is -2.18. The van der Waals surface area contributed by atoms with E-state index < -0.39 is 11.9 Å². The Hall–Kier alpha value is -4.06. The second kappa shape index (κ2) is 12.9. The molecule has 2 N–H and O–H groups in total. The number of anilines is 1. The number of para-hydroxylation sites is 1. The molecular weight excluding hydrogens is 705 g/mol. The number of benzene rings is 4. The zero-order valence-corrected chi connectivity index (χ0v) is 27.0. The van der Waals surface area contributed by atoms with Gasteiger partial charge in [0.2, 0.25) is 0 Å². The number of hydrogen-bond acceptors (Lipinski definition) is 7. The van der Waals surface area contributed by atoms with Gasteiger partial charge in [0.15, 0.2) is 0 Å². The lowest BCUT2D eigenvalue weighted by Gasteiger charge is -2.07. The molecule has 7 nitrogen and oxygen atoms in total. The van der Waals surface area contributed by atoms with Gasteiger partial charge in [0.25, 0.3) is 11.8 Å². The van der Waals surface area contributed by atoms with Gasteiger partial charge in [-0.2, -0.15) is 5.10 Å². The molecule has 2 amide bonds. The lowest BCUT2D eigenvalue weighted by atomic mass is 10.2. The fourth-order valence-electron chi connectivity index (χ4n) is 4.27. The molecule has 0 radical (unpaired) electrons. The maximum Gasteiger partial charge on any atom is 0.355 e. The highest BCUT2D eigenvalue weighted by molar-refractivity contribution is 9.10. The van der Waals surface area contributed by atoms with E-state index in [4.69, 9.17) is 27.9 Å². The number of esters is 1. The van der Waals surface area contributed by atoms with E-state index in [1.165, 1.54) is 28.9 Å². The highest BCUT2D eigenvalue weighted by Gasteiger charge is 2.20. The number of nitrogens with one attached hydrogen (secondary N) is 2. The van der Waals surface area contributed by atoms with Gasteiger partial charge in [0.1, 0.15) is 15.5 Å². The molecule has 0 bridgehead atoms. The summed E-state index contributed by atoms with van der Waals surface area (Å²) in [5, 5.41) is 9.17. The number of amides is 2. The average molecular weight is 723 g/mol. The van der Waals surface area contributed by atoms with Crippen molar-refractivity contribution >= 4 is 112 Å². The molecule has 2 aromatic heterocycles. The standard InChI is InChI=1S/C32H18BrCl2N3O4S2/c33-19-11-14-22-25(15-19)44-28(26(22)34)31(40)37-20-12-9-17(10-13-20)30(39)38-36-16-18-5-1-3-7-23(18)42-32(41)29-27(35)21-6-2-4-8-24(21)43-29/h1-16H,(H,37,40)(H,38,39)/b36-16-. The van der Waals surface area contributed by atoms with E-state index in [-0.39, 0.29) is 11.7 Å². The van der Waals surface area contributed by atoms with Crippen molar-refractivity contribution < 1.29 is 19.1 Å². The molecule has 218 valence electrons. The van der Waals surface area contributed by atoms with Crippen molar-refractivity contribution in [3.05, 3.63) is 126 Å². The smallest absolute Gasteiger partial charge is 0.355 e. The summed E-state index contributed by atoms with van der Waals surface area (Å²) < 4.78 is 8.30. The van der Waals surface area contributed by atoms with Gasteiger partial charge >= 0.3 is 5.97 Å². The van der Waals surface area contributed by atoms with Crippen LogP contribution in [0.1, 0.15) is 35.3 Å². The molecule has 4 aromatic carbocycles. The lowest BCUT2D eigenvalue weighted by molar-refractivity contribution is 0.0739. The van der Waals surface area contributed by atoms with Crippen molar-refractivity contribution in [3.63, 3.8) is 0 Å². The topological polar surface area (TPSA) is 96.9 Å². The fourth-order valence-corrected chi connectivity index (χ4v) is 7.62. The van der Waals surface area contributed by atoms with Crippen LogP contribution in [0.3, 0.4) is 0 Å². The molecule has 0 aliphatic heterocycles. The zero-order valence-electron chi connectivity index (χ0n) is 22.3. The maximum absolute atomic E-state index is 12.9. The third-order valence-electron chi connectivity index (χ3n) is 6.41. The first-order valence-corrected chi connectivity index (χ1v) is 16.1. The van der Waals surface area contributed by atoms with Crippen molar-refractivity contribution in [1.82, 2.24) is 5.43 Å². The van der Waals surface area contributed by atoms with Crippen LogP contribution in [0.2, 0.25) is 10.0 Å². The molecular formula is C32H18BrCl2N3O4S2. The van der Waals surface area contributed by atoms with Crippen LogP contribution in [0.15, 0.2) is 101 Å². The van der Waals surface area contributed by atoms with Crippen LogP contribution in [-0.2, 0) is 0 Å². The molecule has 0 saturated heterocycles. The maximum atomic E-state index is 12.9. The molecule has 0 spiro atoms. The van der Waals surface area contributed by atoms with Gasteiger partial charge in [-0.15, -0.1) is 22.7 Å². The third kappa shape index (κ3) is 6.26. The number of rotatable bonds is 7. The number of carbonyl (C=O) groups excluding carboxylic acids is 3. The van der Waals surface area contributed by atoms with Crippen molar-refractivity contribution in [1.29, 1.82) is 0 Å². The first-order valence-electron chi connectivity index (χ1n) is 12.9. The predicted molar refractivity (Wildman–Crippen MR) is 182 cm³/mol. The molecule has 0 aliphatic carbocycles.